The van der Waals surface area contributed by atoms with Gasteiger partial charge in [0, 0.05) is 6.54 Å². The maximum Gasteiger partial charge on any atom is 0.279 e. The van der Waals surface area contributed by atoms with E-state index in [9.17, 15) is 4.79 Å². The van der Waals surface area contributed by atoms with E-state index >= 15 is 0 Å². The van der Waals surface area contributed by atoms with Crippen LogP contribution in [0.3, 0.4) is 0 Å². The topological polar surface area (TPSA) is 29.1 Å². The molecule has 0 saturated carbocycles. The number of thioether (sulfide) groups is 1. The van der Waals surface area contributed by atoms with Gasteiger partial charge in [0.25, 0.3) is 5.24 Å². The lowest BCUT2D eigenvalue weighted by Crippen LogP contribution is -2.20. The summed E-state index contributed by atoms with van der Waals surface area (Å²) >= 11 is 1.28. The Balaban J connectivity index is 2.47. The van der Waals surface area contributed by atoms with Gasteiger partial charge in [-0.2, -0.15) is 0 Å². The summed E-state index contributed by atoms with van der Waals surface area (Å²) in [4.78, 5) is 11.7. The molecule has 1 amide bonds. The first-order valence-electron chi connectivity index (χ1n) is 5.90. The molecule has 0 aliphatic heterocycles. The first-order chi connectivity index (χ1) is 8.27. The van der Waals surface area contributed by atoms with E-state index in [0.29, 0.717) is 0 Å². The van der Waals surface area contributed by atoms with Crippen LogP contribution in [0.1, 0.15) is 30.6 Å². The number of rotatable bonds is 6. The van der Waals surface area contributed by atoms with Crippen LogP contribution in [0.4, 0.5) is 4.79 Å². The molecule has 3 heteroatoms. The summed E-state index contributed by atoms with van der Waals surface area (Å²) in [6.07, 6.45) is 3.92. The van der Waals surface area contributed by atoms with Gasteiger partial charge in [0.1, 0.15) is 0 Å². The van der Waals surface area contributed by atoms with Crippen molar-refractivity contribution in [3.05, 3.63) is 48.6 Å². The molecule has 1 atom stereocenters. The monoisotopic (exact) mass is 249 g/mol. The van der Waals surface area contributed by atoms with E-state index in [1.165, 1.54) is 11.8 Å². The fourth-order valence-electron chi connectivity index (χ4n) is 1.42. The van der Waals surface area contributed by atoms with Gasteiger partial charge in [-0.1, -0.05) is 61.5 Å². The summed E-state index contributed by atoms with van der Waals surface area (Å²) in [6.45, 7) is 6.64. The highest BCUT2D eigenvalue weighted by Gasteiger charge is 2.12. The van der Waals surface area contributed by atoms with Crippen LogP contribution in [-0.2, 0) is 0 Å². The average Bonchev–Trinajstić information content (AvgIpc) is 2.37. The minimum Gasteiger partial charge on any atom is -0.347 e. The van der Waals surface area contributed by atoms with E-state index in [-0.39, 0.29) is 10.5 Å². The Morgan fingerprint density at radius 3 is 2.76 bits per heavy atom. The van der Waals surface area contributed by atoms with Crippen LogP contribution in [0.25, 0.3) is 0 Å². The molecule has 0 aliphatic rings. The maximum absolute atomic E-state index is 11.7. The van der Waals surface area contributed by atoms with Crippen molar-refractivity contribution in [1.82, 2.24) is 5.32 Å². The molecule has 0 aliphatic carbocycles. The molecule has 1 rings (SSSR count). The zero-order valence-corrected chi connectivity index (χ0v) is 11.0. The van der Waals surface area contributed by atoms with Gasteiger partial charge in [0.05, 0.1) is 5.25 Å². The number of carbonyl (C=O) groups excluding carboxylic acids is 1. The fourth-order valence-corrected chi connectivity index (χ4v) is 2.22. The van der Waals surface area contributed by atoms with Crippen molar-refractivity contribution in [1.29, 1.82) is 0 Å². The minimum absolute atomic E-state index is 0.0206. The van der Waals surface area contributed by atoms with Crippen LogP contribution in [-0.4, -0.2) is 11.8 Å². The average molecular weight is 249 g/mol. The number of amides is 1. The fraction of sp³-hybridized carbons (Fsp3) is 0.357. The van der Waals surface area contributed by atoms with Crippen molar-refractivity contribution in [3.63, 3.8) is 0 Å². The molecular weight excluding hydrogens is 230 g/mol. The van der Waals surface area contributed by atoms with Gasteiger partial charge in [0.2, 0.25) is 0 Å². The molecule has 0 heterocycles. The molecule has 92 valence electrons. The molecule has 2 nitrogen and oxygen atoms in total. The van der Waals surface area contributed by atoms with Gasteiger partial charge >= 0.3 is 0 Å². The first kappa shape index (κ1) is 13.8. The van der Waals surface area contributed by atoms with E-state index in [1.807, 2.05) is 30.3 Å². The van der Waals surface area contributed by atoms with Crippen LogP contribution in [0.5, 0.6) is 0 Å². The third kappa shape index (κ3) is 5.09. The molecule has 0 unspecified atom stereocenters. The van der Waals surface area contributed by atoms with Crippen LogP contribution in [0.15, 0.2) is 43.0 Å². The predicted octanol–water partition coefficient (Wildman–Crippen LogP) is 4.16. The third-order valence-corrected chi connectivity index (χ3v) is 3.45. The lowest BCUT2D eigenvalue weighted by atomic mass is 10.1. The second-order valence-corrected chi connectivity index (χ2v) is 4.87. The van der Waals surface area contributed by atoms with Gasteiger partial charge in [-0.25, -0.2) is 0 Å². The van der Waals surface area contributed by atoms with E-state index in [1.54, 1.807) is 6.08 Å². The number of unbranched alkanes of at least 4 members (excludes halogenated alkanes) is 1. The second-order valence-electron chi connectivity index (χ2n) is 3.75. The molecule has 0 fully saturated rings. The zero-order valence-electron chi connectivity index (χ0n) is 10.2. The quantitative estimate of drug-likeness (QED) is 0.606. The summed E-state index contributed by atoms with van der Waals surface area (Å²) in [5, 5.41) is 2.94. The Morgan fingerprint density at radius 1 is 1.47 bits per heavy atom. The van der Waals surface area contributed by atoms with Gasteiger partial charge in [-0.15, -0.1) is 6.58 Å². The van der Waals surface area contributed by atoms with Crippen molar-refractivity contribution in [2.45, 2.75) is 25.0 Å². The highest BCUT2D eigenvalue weighted by molar-refractivity contribution is 8.13. The van der Waals surface area contributed by atoms with E-state index in [0.717, 1.165) is 24.9 Å². The second kappa shape index (κ2) is 7.96. The van der Waals surface area contributed by atoms with Gasteiger partial charge in [0.15, 0.2) is 0 Å². The molecule has 17 heavy (non-hydrogen) atoms. The van der Waals surface area contributed by atoms with E-state index < -0.39 is 0 Å². The highest BCUT2D eigenvalue weighted by Crippen LogP contribution is 2.29. The smallest absolute Gasteiger partial charge is 0.279 e. The normalized spacial score (nSPS) is 11.8. The molecule has 0 bridgehead atoms. The van der Waals surface area contributed by atoms with Crippen molar-refractivity contribution in [2.75, 3.05) is 6.54 Å². The highest BCUT2D eigenvalue weighted by atomic mass is 32.2. The van der Waals surface area contributed by atoms with Crippen LogP contribution in [0, 0.1) is 0 Å². The summed E-state index contributed by atoms with van der Waals surface area (Å²) in [6, 6.07) is 9.94. The third-order valence-electron chi connectivity index (χ3n) is 2.38. The maximum atomic E-state index is 11.7. The Hall–Kier alpha value is -1.22. The van der Waals surface area contributed by atoms with Crippen LogP contribution >= 0.6 is 11.8 Å². The Kier molecular flexibility index (Phi) is 6.48. The Bertz CT molecular complexity index is 350. The molecular formula is C14H19NOS. The molecule has 1 aromatic rings. The summed E-state index contributed by atoms with van der Waals surface area (Å²) in [5.74, 6) is 0. The summed E-state index contributed by atoms with van der Waals surface area (Å²) in [5.41, 5.74) is 1.11. The zero-order chi connectivity index (χ0) is 12.5. The van der Waals surface area contributed by atoms with Crippen molar-refractivity contribution < 1.29 is 4.79 Å². The number of nitrogens with one attached hydrogen (secondary N) is 1. The number of carbonyl (C=O) groups is 1. The predicted molar refractivity (Wildman–Crippen MR) is 75.3 cm³/mol. The van der Waals surface area contributed by atoms with Crippen molar-refractivity contribution in [2.24, 2.45) is 0 Å². The van der Waals surface area contributed by atoms with E-state index in [4.69, 9.17) is 0 Å². The first-order valence-corrected chi connectivity index (χ1v) is 6.78. The van der Waals surface area contributed by atoms with Crippen molar-refractivity contribution >= 4 is 17.0 Å². The van der Waals surface area contributed by atoms with Gasteiger partial charge in [-0.05, 0) is 12.0 Å². The SMILES string of the molecule is C=C[C@H](SC(=O)NCCCC)c1ccccc1. The van der Waals surface area contributed by atoms with Crippen LogP contribution < -0.4 is 5.32 Å². The Labute approximate surface area is 107 Å². The van der Waals surface area contributed by atoms with Gasteiger partial charge in [-0.3, -0.25) is 4.79 Å². The van der Waals surface area contributed by atoms with Gasteiger partial charge < -0.3 is 5.32 Å². The molecule has 0 radical (unpaired) electrons. The Morgan fingerprint density at radius 2 is 2.18 bits per heavy atom. The summed E-state index contributed by atoms with van der Waals surface area (Å²) in [7, 11) is 0. The molecule has 0 spiro atoms. The minimum atomic E-state index is 0.0206. The number of hydrogen-bond donors (Lipinski definition) is 1. The molecule has 0 saturated heterocycles. The summed E-state index contributed by atoms with van der Waals surface area (Å²) < 4.78 is 0. The molecule has 1 N–H and O–H groups in total. The number of hydrogen-bond acceptors (Lipinski definition) is 2. The lowest BCUT2D eigenvalue weighted by Gasteiger charge is -2.12. The molecule has 1 aromatic carbocycles. The van der Waals surface area contributed by atoms with Crippen molar-refractivity contribution in [3.8, 4) is 0 Å². The number of benzene rings is 1. The standard InChI is InChI=1S/C14H19NOS/c1-3-5-11-15-14(16)17-13(4-2)12-9-7-6-8-10-12/h4,6-10,13H,2-3,5,11H2,1H3,(H,15,16)/t13-/m0/s1. The molecule has 0 aromatic heterocycles. The largest absolute Gasteiger partial charge is 0.347 e. The van der Waals surface area contributed by atoms with E-state index in [2.05, 4.69) is 18.8 Å². The van der Waals surface area contributed by atoms with Crippen LogP contribution in [0.2, 0.25) is 0 Å². The lowest BCUT2D eigenvalue weighted by molar-refractivity contribution is 0.260.